The summed E-state index contributed by atoms with van der Waals surface area (Å²) in [7, 11) is 0. The second-order valence-corrected chi connectivity index (χ2v) is 4.87. The lowest BCUT2D eigenvalue weighted by Crippen LogP contribution is -2.39. The van der Waals surface area contributed by atoms with E-state index in [0.29, 0.717) is 25.8 Å². The van der Waals surface area contributed by atoms with Crippen LogP contribution >= 0.6 is 0 Å². The molecule has 0 spiro atoms. The molecule has 1 fully saturated rings. The van der Waals surface area contributed by atoms with Crippen LogP contribution in [0.2, 0.25) is 0 Å². The summed E-state index contributed by atoms with van der Waals surface area (Å²) >= 11 is 0. The van der Waals surface area contributed by atoms with E-state index in [2.05, 4.69) is 10.6 Å². The molecule has 1 rings (SSSR count). The van der Waals surface area contributed by atoms with E-state index in [1.807, 2.05) is 6.92 Å². The Hall–Kier alpha value is -0.650. The second kappa shape index (κ2) is 9.30. The maximum Gasteiger partial charge on any atom is 0.233 e. The molecule has 0 aromatic carbocycles. The van der Waals surface area contributed by atoms with Gasteiger partial charge in [0.05, 0.1) is 25.4 Å². The molecular weight excluding hydrogens is 232 g/mol. The summed E-state index contributed by atoms with van der Waals surface area (Å²) in [5.74, 6) is -0.0271. The van der Waals surface area contributed by atoms with Gasteiger partial charge in [-0.1, -0.05) is 19.8 Å². The number of ether oxygens (including phenoxy) is 1. The molecule has 1 atom stereocenters. The SMILES string of the molecule is CCCNC(=O)CNCC(O)COC1CCCC1. The van der Waals surface area contributed by atoms with Gasteiger partial charge in [0.2, 0.25) is 5.91 Å². The zero-order chi connectivity index (χ0) is 13.2. The fourth-order valence-electron chi connectivity index (χ4n) is 2.04. The highest BCUT2D eigenvalue weighted by Gasteiger charge is 2.16. The van der Waals surface area contributed by atoms with Gasteiger partial charge in [0.15, 0.2) is 0 Å². The Morgan fingerprint density at radius 1 is 1.44 bits per heavy atom. The van der Waals surface area contributed by atoms with Crippen LogP contribution in [0.15, 0.2) is 0 Å². The molecule has 106 valence electrons. The number of aliphatic hydroxyl groups is 1. The van der Waals surface area contributed by atoms with Crippen LogP contribution in [-0.4, -0.2) is 49.5 Å². The largest absolute Gasteiger partial charge is 0.389 e. The molecule has 1 aliphatic rings. The minimum Gasteiger partial charge on any atom is -0.389 e. The Balaban J connectivity index is 1.95. The van der Waals surface area contributed by atoms with Crippen LogP contribution in [0.4, 0.5) is 0 Å². The quantitative estimate of drug-likeness (QED) is 0.560. The van der Waals surface area contributed by atoms with Crippen molar-refractivity contribution in [3.8, 4) is 0 Å². The minimum atomic E-state index is -0.537. The summed E-state index contributed by atoms with van der Waals surface area (Å²) in [4.78, 5) is 11.3. The van der Waals surface area contributed by atoms with Crippen molar-refractivity contribution in [3.05, 3.63) is 0 Å². The van der Waals surface area contributed by atoms with Crippen molar-refractivity contribution < 1.29 is 14.6 Å². The molecule has 1 aliphatic carbocycles. The zero-order valence-electron chi connectivity index (χ0n) is 11.3. The first kappa shape index (κ1) is 15.4. The fourth-order valence-corrected chi connectivity index (χ4v) is 2.04. The Morgan fingerprint density at radius 2 is 2.17 bits per heavy atom. The highest BCUT2D eigenvalue weighted by molar-refractivity contribution is 5.77. The van der Waals surface area contributed by atoms with Gasteiger partial charge < -0.3 is 20.5 Å². The maximum absolute atomic E-state index is 11.3. The molecule has 5 heteroatoms. The third-order valence-corrected chi connectivity index (χ3v) is 3.06. The number of hydrogen-bond acceptors (Lipinski definition) is 4. The van der Waals surface area contributed by atoms with Gasteiger partial charge in [0, 0.05) is 13.1 Å². The highest BCUT2D eigenvalue weighted by Crippen LogP contribution is 2.20. The molecule has 0 aromatic rings. The van der Waals surface area contributed by atoms with Crippen molar-refractivity contribution >= 4 is 5.91 Å². The smallest absolute Gasteiger partial charge is 0.233 e. The summed E-state index contributed by atoms with van der Waals surface area (Å²) in [5, 5.41) is 15.4. The topological polar surface area (TPSA) is 70.6 Å². The molecule has 0 aliphatic heterocycles. The van der Waals surface area contributed by atoms with Gasteiger partial charge in [0.25, 0.3) is 0 Å². The molecular formula is C13H26N2O3. The Kier molecular flexibility index (Phi) is 7.96. The van der Waals surface area contributed by atoms with Gasteiger partial charge in [0.1, 0.15) is 0 Å². The molecule has 18 heavy (non-hydrogen) atoms. The molecule has 5 nitrogen and oxygen atoms in total. The predicted octanol–water partition coefficient (Wildman–Crippen LogP) is 0.422. The van der Waals surface area contributed by atoms with Crippen LogP contribution in [0.25, 0.3) is 0 Å². The van der Waals surface area contributed by atoms with Gasteiger partial charge in [-0.15, -0.1) is 0 Å². The lowest BCUT2D eigenvalue weighted by molar-refractivity contribution is -0.120. The molecule has 3 N–H and O–H groups in total. The van der Waals surface area contributed by atoms with E-state index < -0.39 is 6.10 Å². The van der Waals surface area contributed by atoms with E-state index in [1.165, 1.54) is 12.8 Å². The summed E-state index contributed by atoms with van der Waals surface area (Å²) < 4.78 is 5.60. The number of aliphatic hydroxyl groups excluding tert-OH is 1. The van der Waals surface area contributed by atoms with E-state index in [-0.39, 0.29) is 12.5 Å². The lowest BCUT2D eigenvalue weighted by Gasteiger charge is -2.15. The molecule has 0 bridgehead atoms. The van der Waals surface area contributed by atoms with Gasteiger partial charge in [-0.05, 0) is 19.3 Å². The average Bonchev–Trinajstić information content (AvgIpc) is 2.87. The number of nitrogens with one attached hydrogen (secondary N) is 2. The van der Waals surface area contributed by atoms with Crippen LogP contribution < -0.4 is 10.6 Å². The van der Waals surface area contributed by atoms with Crippen molar-refractivity contribution in [1.29, 1.82) is 0 Å². The molecule has 1 unspecified atom stereocenters. The molecule has 0 heterocycles. The Morgan fingerprint density at radius 3 is 2.83 bits per heavy atom. The van der Waals surface area contributed by atoms with Crippen molar-refractivity contribution in [3.63, 3.8) is 0 Å². The van der Waals surface area contributed by atoms with Crippen molar-refractivity contribution in [2.45, 2.75) is 51.2 Å². The third kappa shape index (κ3) is 6.93. The van der Waals surface area contributed by atoms with Crippen LogP contribution in [0.5, 0.6) is 0 Å². The van der Waals surface area contributed by atoms with Crippen LogP contribution in [-0.2, 0) is 9.53 Å². The number of hydrogen-bond donors (Lipinski definition) is 3. The number of carbonyl (C=O) groups excluding carboxylic acids is 1. The molecule has 0 radical (unpaired) electrons. The van der Waals surface area contributed by atoms with Crippen molar-refractivity contribution in [1.82, 2.24) is 10.6 Å². The maximum atomic E-state index is 11.3. The average molecular weight is 258 g/mol. The first-order chi connectivity index (χ1) is 8.72. The molecule has 0 aromatic heterocycles. The fraction of sp³-hybridized carbons (Fsp3) is 0.923. The monoisotopic (exact) mass is 258 g/mol. The Bertz CT molecular complexity index is 230. The summed E-state index contributed by atoms with van der Waals surface area (Å²) in [5.41, 5.74) is 0. The van der Waals surface area contributed by atoms with E-state index in [1.54, 1.807) is 0 Å². The van der Waals surface area contributed by atoms with E-state index in [0.717, 1.165) is 19.3 Å². The highest BCUT2D eigenvalue weighted by atomic mass is 16.5. The van der Waals surface area contributed by atoms with Crippen LogP contribution in [0, 0.1) is 0 Å². The van der Waals surface area contributed by atoms with Gasteiger partial charge in [-0.25, -0.2) is 0 Å². The van der Waals surface area contributed by atoms with Gasteiger partial charge >= 0.3 is 0 Å². The molecule has 0 saturated heterocycles. The zero-order valence-corrected chi connectivity index (χ0v) is 11.3. The van der Waals surface area contributed by atoms with E-state index in [4.69, 9.17) is 4.74 Å². The first-order valence-corrected chi connectivity index (χ1v) is 6.99. The van der Waals surface area contributed by atoms with Crippen molar-refractivity contribution in [2.75, 3.05) is 26.2 Å². The van der Waals surface area contributed by atoms with Crippen LogP contribution in [0.3, 0.4) is 0 Å². The Labute approximate surface area is 109 Å². The second-order valence-electron chi connectivity index (χ2n) is 4.87. The summed E-state index contributed by atoms with van der Waals surface area (Å²) in [6.45, 7) is 3.71. The van der Waals surface area contributed by atoms with Gasteiger partial charge in [-0.3, -0.25) is 4.79 Å². The number of rotatable bonds is 9. The number of amides is 1. The predicted molar refractivity (Wildman–Crippen MR) is 70.4 cm³/mol. The third-order valence-electron chi connectivity index (χ3n) is 3.06. The summed E-state index contributed by atoms with van der Waals surface area (Å²) in [6, 6.07) is 0. The van der Waals surface area contributed by atoms with Gasteiger partial charge in [-0.2, -0.15) is 0 Å². The van der Waals surface area contributed by atoms with Crippen molar-refractivity contribution in [2.24, 2.45) is 0 Å². The summed E-state index contributed by atoms with van der Waals surface area (Å²) in [6.07, 6.45) is 5.41. The normalized spacial score (nSPS) is 17.9. The van der Waals surface area contributed by atoms with Crippen LogP contribution in [0.1, 0.15) is 39.0 Å². The molecule has 1 saturated carbocycles. The minimum absolute atomic E-state index is 0.0271. The van der Waals surface area contributed by atoms with E-state index >= 15 is 0 Å². The van der Waals surface area contributed by atoms with E-state index in [9.17, 15) is 9.90 Å². The molecule has 1 amide bonds. The lowest BCUT2D eigenvalue weighted by atomic mass is 10.3. The first-order valence-electron chi connectivity index (χ1n) is 6.99. The number of carbonyl (C=O) groups is 1. The standard InChI is InChI=1S/C13H26N2O3/c1-2-7-15-13(17)9-14-8-11(16)10-18-12-5-3-4-6-12/h11-12,14,16H,2-10H2,1H3,(H,15,17).